The van der Waals surface area contributed by atoms with Gasteiger partial charge in [0.15, 0.2) is 0 Å². The molecule has 6 heteroatoms. The number of para-hydroxylation sites is 1. The summed E-state index contributed by atoms with van der Waals surface area (Å²) in [6, 6.07) is 8.48. The van der Waals surface area contributed by atoms with E-state index < -0.39 is 11.9 Å². The number of benzene rings is 1. The van der Waals surface area contributed by atoms with Gasteiger partial charge in [-0.2, -0.15) is 5.10 Å². The number of amides is 3. The quantitative estimate of drug-likeness (QED) is 0.536. The Labute approximate surface area is 98.9 Å². The van der Waals surface area contributed by atoms with Crippen LogP contribution in [0.1, 0.15) is 13.3 Å². The molecule has 0 aliphatic heterocycles. The highest BCUT2D eigenvalue weighted by atomic mass is 16.2. The van der Waals surface area contributed by atoms with Crippen LogP contribution >= 0.6 is 0 Å². The first kappa shape index (κ1) is 12.7. The Balaban J connectivity index is 2.43. The fourth-order valence-electron chi connectivity index (χ4n) is 1.12. The van der Waals surface area contributed by atoms with Crippen molar-refractivity contribution >= 4 is 23.3 Å². The SMILES string of the molecule is C/C(CC(N)=O)=N\NC(=O)Nc1ccccc1. The number of hydrogen-bond donors (Lipinski definition) is 3. The van der Waals surface area contributed by atoms with Crippen molar-refractivity contribution in [1.29, 1.82) is 0 Å². The van der Waals surface area contributed by atoms with E-state index in [4.69, 9.17) is 5.73 Å². The van der Waals surface area contributed by atoms with Crippen molar-refractivity contribution in [1.82, 2.24) is 5.43 Å². The molecule has 0 unspecified atom stereocenters. The van der Waals surface area contributed by atoms with Crippen LogP contribution in [0.25, 0.3) is 0 Å². The van der Waals surface area contributed by atoms with E-state index in [2.05, 4.69) is 15.8 Å². The highest BCUT2D eigenvalue weighted by Gasteiger charge is 2.01. The number of primary amides is 1. The van der Waals surface area contributed by atoms with Gasteiger partial charge in [0.05, 0.1) is 6.42 Å². The fourth-order valence-corrected chi connectivity index (χ4v) is 1.12. The minimum atomic E-state index is -0.489. The second-order valence-corrected chi connectivity index (χ2v) is 3.42. The molecule has 1 rings (SSSR count). The maximum atomic E-state index is 11.4. The van der Waals surface area contributed by atoms with Gasteiger partial charge < -0.3 is 11.1 Å². The van der Waals surface area contributed by atoms with E-state index in [-0.39, 0.29) is 6.42 Å². The van der Waals surface area contributed by atoms with Crippen molar-refractivity contribution in [2.75, 3.05) is 5.32 Å². The van der Waals surface area contributed by atoms with Crippen LogP contribution in [0.15, 0.2) is 35.4 Å². The lowest BCUT2D eigenvalue weighted by Crippen LogP contribution is -2.26. The summed E-state index contributed by atoms with van der Waals surface area (Å²) in [5.74, 6) is -0.489. The molecule has 0 spiro atoms. The van der Waals surface area contributed by atoms with E-state index >= 15 is 0 Å². The molecular weight excluding hydrogens is 220 g/mol. The molecule has 0 bridgehead atoms. The number of carbonyl (C=O) groups is 2. The summed E-state index contributed by atoms with van der Waals surface area (Å²) in [5, 5.41) is 6.29. The lowest BCUT2D eigenvalue weighted by molar-refractivity contribution is -0.116. The lowest BCUT2D eigenvalue weighted by atomic mass is 10.3. The molecule has 0 saturated carbocycles. The summed E-state index contributed by atoms with van der Waals surface area (Å²) in [5.41, 5.74) is 8.35. The molecule has 0 atom stereocenters. The number of hydrogen-bond acceptors (Lipinski definition) is 3. The third kappa shape index (κ3) is 5.31. The second-order valence-electron chi connectivity index (χ2n) is 3.42. The van der Waals surface area contributed by atoms with Crippen LogP contribution in [0.5, 0.6) is 0 Å². The second kappa shape index (κ2) is 6.26. The molecule has 17 heavy (non-hydrogen) atoms. The van der Waals surface area contributed by atoms with E-state index in [1.807, 2.05) is 6.07 Å². The number of urea groups is 1. The molecule has 1 aromatic carbocycles. The topological polar surface area (TPSA) is 96.6 Å². The minimum Gasteiger partial charge on any atom is -0.369 e. The first-order valence-electron chi connectivity index (χ1n) is 5.01. The zero-order valence-electron chi connectivity index (χ0n) is 9.43. The Hall–Kier alpha value is -2.37. The first-order chi connectivity index (χ1) is 8.08. The number of hydrazone groups is 1. The van der Waals surface area contributed by atoms with Gasteiger partial charge in [-0.15, -0.1) is 0 Å². The molecule has 3 amide bonds. The molecule has 6 nitrogen and oxygen atoms in total. The first-order valence-corrected chi connectivity index (χ1v) is 5.01. The Kier molecular flexibility index (Phi) is 4.68. The maximum absolute atomic E-state index is 11.4. The summed E-state index contributed by atoms with van der Waals surface area (Å²) in [6.45, 7) is 1.60. The Morgan fingerprint density at radius 2 is 1.94 bits per heavy atom. The molecular formula is C11H14N4O2. The Morgan fingerprint density at radius 3 is 2.53 bits per heavy atom. The Bertz CT molecular complexity index is 428. The average molecular weight is 234 g/mol. The molecule has 0 aliphatic carbocycles. The van der Waals surface area contributed by atoms with Gasteiger partial charge in [-0.25, -0.2) is 10.2 Å². The van der Waals surface area contributed by atoms with Crippen molar-refractivity contribution in [3.05, 3.63) is 30.3 Å². The van der Waals surface area contributed by atoms with Crippen LogP contribution in [0.3, 0.4) is 0 Å². The van der Waals surface area contributed by atoms with Crippen molar-refractivity contribution in [2.24, 2.45) is 10.8 Å². The smallest absolute Gasteiger partial charge is 0.339 e. The summed E-state index contributed by atoms with van der Waals surface area (Å²) >= 11 is 0. The summed E-state index contributed by atoms with van der Waals surface area (Å²) in [4.78, 5) is 21.9. The predicted octanol–water partition coefficient (Wildman–Crippen LogP) is 1.06. The summed E-state index contributed by atoms with van der Waals surface area (Å²) < 4.78 is 0. The van der Waals surface area contributed by atoms with E-state index in [1.54, 1.807) is 31.2 Å². The summed E-state index contributed by atoms with van der Waals surface area (Å²) in [7, 11) is 0. The van der Waals surface area contributed by atoms with Crippen LogP contribution < -0.4 is 16.5 Å². The van der Waals surface area contributed by atoms with E-state index in [0.29, 0.717) is 11.4 Å². The van der Waals surface area contributed by atoms with Gasteiger partial charge in [0, 0.05) is 11.4 Å². The molecule has 90 valence electrons. The maximum Gasteiger partial charge on any atom is 0.339 e. The highest BCUT2D eigenvalue weighted by molar-refractivity contribution is 5.99. The van der Waals surface area contributed by atoms with Crippen LogP contribution in [-0.4, -0.2) is 17.6 Å². The van der Waals surface area contributed by atoms with Crippen molar-refractivity contribution in [3.8, 4) is 0 Å². The molecule has 1 aromatic rings. The predicted molar refractivity (Wildman–Crippen MR) is 65.5 cm³/mol. The molecule has 0 saturated heterocycles. The van der Waals surface area contributed by atoms with Gasteiger partial charge in [-0.05, 0) is 19.1 Å². The standard InChI is InChI=1S/C11H14N4O2/c1-8(7-10(12)16)14-15-11(17)13-9-5-3-2-4-6-9/h2-6H,7H2,1H3,(H2,12,16)(H2,13,15,17)/b14-8+. The largest absolute Gasteiger partial charge is 0.369 e. The molecule has 4 N–H and O–H groups in total. The number of rotatable bonds is 4. The van der Waals surface area contributed by atoms with Crippen LogP contribution in [-0.2, 0) is 4.79 Å². The third-order valence-corrected chi connectivity index (χ3v) is 1.81. The number of carbonyl (C=O) groups excluding carboxylic acids is 2. The normalized spacial score (nSPS) is 10.8. The van der Waals surface area contributed by atoms with Gasteiger partial charge in [0.1, 0.15) is 0 Å². The average Bonchev–Trinajstić information content (AvgIpc) is 2.27. The number of nitrogens with one attached hydrogen (secondary N) is 2. The monoisotopic (exact) mass is 234 g/mol. The van der Waals surface area contributed by atoms with Crippen LogP contribution in [0.4, 0.5) is 10.5 Å². The Morgan fingerprint density at radius 1 is 1.29 bits per heavy atom. The van der Waals surface area contributed by atoms with Crippen molar-refractivity contribution in [3.63, 3.8) is 0 Å². The molecule has 0 heterocycles. The van der Waals surface area contributed by atoms with Crippen LogP contribution in [0.2, 0.25) is 0 Å². The van der Waals surface area contributed by atoms with Crippen molar-refractivity contribution in [2.45, 2.75) is 13.3 Å². The van der Waals surface area contributed by atoms with E-state index in [9.17, 15) is 9.59 Å². The van der Waals surface area contributed by atoms with Gasteiger partial charge >= 0.3 is 6.03 Å². The van der Waals surface area contributed by atoms with Gasteiger partial charge in [0.25, 0.3) is 0 Å². The zero-order valence-corrected chi connectivity index (χ0v) is 9.43. The van der Waals surface area contributed by atoms with Gasteiger partial charge in [0.2, 0.25) is 5.91 Å². The number of anilines is 1. The number of nitrogens with zero attached hydrogens (tertiary/aromatic N) is 1. The summed E-state index contributed by atoms with van der Waals surface area (Å²) in [6.07, 6.45) is 0.0195. The van der Waals surface area contributed by atoms with E-state index in [0.717, 1.165) is 0 Å². The fraction of sp³-hybridized carbons (Fsp3) is 0.182. The third-order valence-electron chi connectivity index (χ3n) is 1.81. The van der Waals surface area contributed by atoms with E-state index in [1.165, 1.54) is 0 Å². The zero-order chi connectivity index (χ0) is 12.7. The van der Waals surface area contributed by atoms with Gasteiger partial charge in [-0.1, -0.05) is 18.2 Å². The number of nitrogens with two attached hydrogens (primary N) is 1. The minimum absolute atomic E-state index is 0.0195. The lowest BCUT2D eigenvalue weighted by Gasteiger charge is -2.04. The molecule has 0 aliphatic rings. The highest BCUT2D eigenvalue weighted by Crippen LogP contribution is 2.03. The van der Waals surface area contributed by atoms with Crippen LogP contribution in [0, 0.1) is 0 Å². The van der Waals surface area contributed by atoms with Crippen molar-refractivity contribution < 1.29 is 9.59 Å². The molecule has 0 aromatic heterocycles. The van der Waals surface area contributed by atoms with Gasteiger partial charge in [-0.3, -0.25) is 4.79 Å². The molecule has 0 fully saturated rings. The molecule has 0 radical (unpaired) electrons.